The van der Waals surface area contributed by atoms with Crippen LogP contribution in [0.3, 0.4) is 0 Å². The zero-order chi connectivity index (χ0) is 13.7. The van der Waals surface area contributed by atoms with Gasteiger partial charge >= 0.3 is 0 Å². The van der Waals surface area contributed by atoms with E-state index in [0.29, 0.717) is 5.92 Å². The fraction of sp³-hybridized carbons (Fsp3) is 0.600. The van der Waals surface area contributed by atoms with E-state index in [0.717, 1.165) is 11.3 Å². The van der Waals surface area contributed by atoms with E-state index in [1.54, 1.807) is 14.2 Å². The summed E-state index contributed by atoms with van der Waals surface area (Å²) in [5.41, 5.74) is 2.38. The molecule has 0 spiro atoms. The Hall–Kier alpha value is -1.06. The zero-order valence-electron chi connectivity index (χ0n) is 12.3. The summed E-state index contributed by atoms with van der Waals surface area (Å²) in [5.74, 6) is 1.33. The third-order valence-electron chi connectivity index (χ3n) is 3.29. The van der Waals surface area contributed by atoms with Crippen LogP contribution in [-0.4, -0.2) is 27.4 Å². The van der Waals surface area contributed by atoms with Crippen molar-refractivity contribution >= 4 is 0 Å². The number of ether oxygens (including phenoxy) is 2. The number of aryl methyl sites for hydroxylation is 1. The van der Waals surface area contributed by atoms with Crippen LogP contribution in [0.1, 0.15) is 31.0 Å². The van der Waals surface area contributed by atoms with Gasteiger partial charge in [0.1, 0.15) is 5.75 Å². The summed E-state index contributed by atoms with van der Waals surface area (Å²) in [6, 6.07) is 6.37. The average Bonchev–Trinajstić information content (AvgIpc) is 2.35. The number of hydrogen-bond acceptors (Lipinski definition) is 3. The summed E-state index contributed by atoms with van der Waals surface area (Å²) in [7, 11) is 5.43. The lowest BCUT2D eigenvalue weighted by molar-refractivity contribution is 0.0341. The highest BCUT2D eigenvalue weighted by molar-refractivity contribution is 5.39. The molecule has 18 heavy (non-hydrogen) atoms. The molecule has 1 N–H and O–H groups in total. The van der Waals surface area contributed by atoms with Gasteiger partial charge in [0.05, 0.1) is 19.3 Å². The molecule has 0 saturated carbocycles. The van der Waals surface area contributed by atoms with Crippen molar-refractivity contribution in [1.82, 2.24) is 5.32 Å². The van der Waals surface area contributed by atoms with Gasteiger partial charge in [-0.2, -0.15) is 0 Å². The quantitative estimate of drug-likeness (QED) is 0.843. The van der Waals surface area contributed by atoms with Gasteiger partial charge in [-0.3, -0.25) is 0 Å². The molecule has 0 bridgehead atoms. The highest BCUT2D eigenvalue weighted by Gasteiger charge is 2.27. The normalized spacial score (nSPS) is 14.6. The molecule has 0 heterocycles. The maximum atomic E-state index is 5.64. The highest BCUT2D eigenvalue weighted by Crippen LogP contribution is 2.31. The van der Waals surface area contributed by atoms with Gasteiger partial charge in [0.25, 0.3) is 0 Å². The minimum absolute atomic E-state index is 0.116. The molecule has 1 aromatic carbocycles. The molecule has 2 unspecified atom stereocenters. The van der Waals surface area contributed by atoms with E-state index >= 15 is 0 Å². The number of hydrogen-bond donors (Lipinski definition) is 1. The number of likely N-dealkylation sites (N-methyl/N-ethyl adjacent to an activating group) is 1. The van der Waals surface area contributed by atoms with Crippen molar-refractivity contribution < 1.29 is 9.47 Å². The van der Waals surface area contributed by atoms with Gasteiger partial charge in [0.15, 0.2) is 0 Å². The van der Waals surface area contributed by atoms with Gasteiger partial charge in [-0.1, -0.05) is 31.5 Å². The van der Waals surface area contributed by atoms with E-state index in [1.165, 1.54) is 5.56 Å². The lowest BCUT2D eigenvalue weighted by Gasteiger charge is -2.30. The van der Waals surface area contributed by atoms with Crippen molar-refractivity contribution in [2.75, 3.05) is 21.3 Å². The Kier molecular flexibility index (Phi) is 5.63. The fourth-order valence-corrected chi connectivity index (χ4v) is 2.39. The molecule has 3 nitrogen and oxygen atoms in total. The van der Waals surface area contributed by atoms with Crippen molar-refractivity contribution in [3.63, 3.8) is 0 Å². The Morgan fingerprint density at radius 2 is 1.83 bits per heavy atom. The molecular formula is C15H25NO2. The van der Waals surface area contributed by atoms with Crippen molar-refractivity contribution in [2.45, 2.75) is 32.9 Å². The van der Waals surface area contributed by atoms with E-state index in [4.69, 9.17) is 9.47 Å². The molecular weight excluding hydrogens is 226 g/mol. The second kappa shape index (κ2) is 6.76. The first-order chi connectivity index (χ1) is 8.54. The van der Waals surface area contributed by atoms with E-state index in [2.05, 4.69) is 38.2 Å². The molecule has 0 aliphatic heterocycles. The number of nitrogens with one attached hydrogen (secondary N) is 1. The van der Waals surface area contributed by atoms with Gasteiger partial charge in [-0.25, -0.2) is 0 Å². The summed E-state index contributed by atoms with van der Waals surface area (Å²) >= 11 is 0. The summed E-state index contributed by atoms with van der Waals surface area (Å²) < 4.78 is 11.1. The minimum atomic E-state index is 0.116. The topological polar surface area (TPSA) is 30.5 Å². The molecule has 0 radical (unpaired) electrons. The Balaban J connectivity index is 3.18. The van der Waals surface area contributed by atoms with Crippen LogP contribution in [0.5, 0.6) is 5.75 Å². The second-order valence-electron chi connectivity index (χ2n) is 4.96. The summed E-state index contributed by atoms with van der Waals surface area (Å²) in [6.45, 7) is 6.43. The molecule has 0 fully saturated rings. The maximum Gasteiger partial charge on any atom is 0.123 e. The lowest BCUT2D eigenvalue weighted by Crippen LogP contribution is -2.35. The van der Waals surface area contributed by atoms with E-state index in [-0.39, 0.29) is 12.1 Å². The summed E-state index contributed by atoms with van der Waals surface area (Å²) in [5, 5.41) is 3.35. The summed E-state index contributed by atoms with van der Waals surface area (Å²) in [6.07, 6.45) is 0.116. The molecule has 1 rings (SSSR count). The second-order valence-corrected chi connectivity index (χ2v) is 4.96. The van der Waals surface area contributed by atoms with Crippen LogP contribution in [0.2, 0.25) is 0 Å². The van der Waals surface area contributed by atoms with Gasteiger partial charge in [0, 0.05) is 12.7 Å². The van der Waals surface area contributed by atoms with Gasteiger partial charge in [0.2, 0.25) is 0 Å². The molecule has 0 aliphatic rings. The smallest absolute Gasteiger partial charge is 0.123 e. The van der Waals surface area contributed by atoms with Crippen LogP contribution in [0, 0.1) is 12.8 Å². The van der Waals surface area contributed by atoms with Crippen molar-refractivity contribution in [3.8, 4) is 5.75 Å². The van der Waals surface area contributed by atoms with Crippen molar-refractivity contribution in [1.29, 1.82) is 0 Å². The predicted octanol–water partition coefficient (Wildman–Crippen LogP) is 2.94. The van der Waals surface area contributed by atoms with Crippen LogP contribution in [-0.2, 0) is 4.74 Å². The molecule has 0 saturated heterocycles. The Bertz CT molecular complexity index is 377. The van der Waals surface area contributed by atoms with Gasteiger partial charge < -0.3 is 14.8 Å². The average molecular weight is 251 g/mol. The predicted molar refractivity (Wildman–Crippen MR) is 75.2 cm³/mol. The Morgan fingerprint density at radius 1 is 1.17 bits per heavy atom. The first kappa shape index (κ1) is 15.0. The van der Waals surface area contributed by atoms with Crippen molar-refractivity contribution in [3.05, 3.63) is 29.3 Å². The Morgan fingerprint density at radius 3 is 2.28 bits per heavy atom. The van der Waals surface area contributed by atoms with E-state index in [9.17, 15) is 0 Å². The maximum absolute atomic E-state index is 5.64. The molecule has 0 amide bonds. The van der Waals surface area contributed by atoms with Crippen LogP contribution in [0.25, 0.3) is 0 Å². The highest BCUT2D eigenvalue weighted by atomic mass is 16.5. The number of rotatable bonds is 6. The number of benzene rings is 1. The molecule has 2 atom stereocenters. The molecule has 0 aromatic heterocycles. The van der Waals surface area contributed by atoms with Crippen LogP contribution < -0.4 is 10.1 Å². The lowest BCUT2D eigenvalue weighted by atomic mass is 9.92. The molecule has 0 aliphatic carbocycles. The minimum Gasteiger partial charge on any atom is -0.496 e. The van der Waals surface area contributed by atoms with Crippen LogP contribution in [0.4, 0.5) is 0 Å². The third kappa shape index (κ3) is 3.24. The molecule has 102 valence electrons. The largest absolute Gasteiger partial charge is 0.496 e. The zero-order valence-corrected chi connectivity index (χ0v) is 12.3. The van der Waals surface area contributed by atoms with E-state index in [1.807, 2.05) is 13.1 Å². The third-order valence-corrected chi connectivity index (χ3v) is 3.29. The first-order valence-corrected chi connectivity index (χ1v) is 6.39. The molecule has 3 heteroatoms. The van der Waals surface area contributed by atoms with Crippen LogP contribution >= 0.6 is 0 Å². The van der Waals surface area contributed by atoms with Crippen LogP contribution in [0.15, 0.2) is 18.2 Å². The fourth-order valence-electron chi connectivity index (χ4n) is 2.39. The molecule has 1 aromatic rings. The summed E-state index contributed by atoms with van der Waals surface area (Å²) in [4.78, 5) is 0. The van der Waals surface area contributed by atoms with Gasteiger partial charge in [-0.15, -0.1) is 0 Å². The monoisotopic (exact) mass is 251 g/mol. The SMILES string of the molecule is CNC(c1cc(C)ccc1OC)C(OC)C(C)C. The van der Waals surface area contributed by atoms with Gasteiger partial charge in [-0.05, 0) is 26.0 Å². The van der Waals surface area contributed by atoms with Crippen molar-refractivity contribution in [2.24, 2.45) is 5.92 Å². The number of methoxy groups -OCH3 is 2. The standard InChI is InChI=1S/C15H25NO2/c1-10(2)15(18-6)14(16-4)12-9-11(3)7-8-13(12)17-5/h7-10,14-16H,1-6H3. The van der Waals surface area contributed by atoms with E-state index < -0.39 is 0 Å². The first-order valence-electron chi connectivity index (χ1n) is 6.39. The Labute approximate surface area is 110 Å².